The van der Waals surface area contributed by atoms with Crippen LogP contribution in [-0.2, 0) is 101 Å². The van der Waals surface area contributed by atoms with E-state index in [1.54, 1.807) is 150 Å². The number of nitrogens with one attached hydrogen (secondary N) is 2. The first-order valence-corrected chi connectivity index (χ1v) is 26.9. The van der Waals surface area contributed by atoms with Gasteiger partial charge in [0.1, 0.15) is 65.8 Å². The number of thiol groups is 1. The fourth-order valence-corrected chi connectivity index (χ4v) is 8.18. The molecule has 1 aromatic carbocycles. The predicted molar refractivity (Wildman–Crippen MR) is 287 cm³/mol. The van der Waals surface area contributed by atoms with Gasteiger partial charge in [0, 0.05) is 61.8 Å². The second-order valence-electron chi connectivity index (χ2n) is 24.0. The van der Waals surface area contributed by atoms with E-state index in [2.05, 4.69) is 20.0 Å². The van der Waals surface area contributed by atoms with Gasteiger partial charge in [-0.1, -0.05) is 12.1 Å². The van der Waals surface area contributed by atoms with E-state index in [1.165, 1.54) is 12.4 Å². The van der Waals surface area contributed by atoms with Gasteiger partial charge in [-0.25, -0.2) is 18.4 Å². The van der Waals surface area contributed by atoms with Crippen LogP contribution in [0.3, 0.4) is 0 Å². The lowest BCUT2D eigenvalue weighted by molar-refractivity contribution is -0.164. The van der Waals surface area contributed by atoms with Crippen molar-refractivity contribution in [2.24, 2.45) is 0 Å². The van der Waals surface area contributed by atoms with E-state index in [-0.39, 0.29) is 64.7 Å². The maximum Gasteiger partial charge on any atom is 0.326 e. The summed E-state index contributed by atoms with van der Waals surface area (Å²) >= 11 is 0. The van der Waals surface area contributed by atoms with Gasteiger partial charge in [0.25, 0.3) is 0 Å². The zero-order chi connectivity index (χ0) is 58.2. The van der Waals surface area contributed by atoms with Crippen LogP contribution in [0.25, 0.3) is 0 Å². The van der Waals surface area contributed by atoms with Crippen molar-refractivity contribution in [3.63, 3.8) is 0 Å². The van der Waals surface area contributed by atoms with Crippen LogP contribution in [0, 0.1) is 0 Å². The molecule has 0 aliphatic heterocycles. The number of ether oxygens (including phenoxy) is 5. The molecule has 0 saturated heterocycles. The van der Waals surface area contributed by atoms with Crippen molar-refractivity contribution < 1.29 is 65.7 Å². The Kier molecular flexibility index (Phi) is 23.4. The predicted octanol–water partition coefficient (Wildman–Crippen LogP) is 6.00. The fraction of sp³-hybridized carbons (Fsp3) is 0.648. The van der Waals surface area contributed by atoms with Crippen LogP contribution in [-0.4, -0.2) is 132 Å². The molecule has 0 aliphatic rings. The Morgan fingerprint density at radius 2 is 0.922 bits per heavy atom. The Morgan fingerprint density at radius 1 is 0.545 bits per heavy atom. The molecule has 0 unspecified atom stereocenters. The van der Waals surface area contributed by atoms with E-state index >= 15 is 0 Å². The SMILES string of the molecule is CC(C)(C)OC(=O)CCC(CCC(=O)OC(C)(C)C)(CCC(=O)OC(C)(C)C)NC(=O)Cn1ccnc1CN(CCc1ccc(N[SH](=O)=O)cc1)Cc1nccn1CC(=O)N(CC(=O)OC(C)(C)C)CC(=O)OC(C)(C)C. The molecule has 77 heavy (non-hydrogen) atoms. The number of benzene rings is 1. The van der Waals surface area contributed by atoms with Gasteiger partial charge in [0.05, 0.1) is 13.1 Å². The van der Waals surface area contributed by atoms with Gasteiger partial charge >= 0.3 is 29.8 Å². The summed E-state index contributed by atoms with van der Waals surface area (Å²) in [6, 6.07) is 6.86. The number of rotatable bonds is 27. The third-order valence-electron chi connectivity index (χ3n) is 10.8. The van der Waals surface area contributed by atoms with E-state index in [4.69, 9.17) is 23.7 Å². The maximum absolute atomic E-state index is 14.4. The summed E-state index contributed by atoms with van der Waals surface area (Å²) in [5, 5.41) is 3.11. The van der Waals surface area contributed by atoms with E-state index in [0.717, 1.165) is 10.5 Å². The number of amides is 2. The first kappa shape index (κ1) is 64.9. The highest BCUT2D eigenvalue weighted by molar-refractivity contribution is 7.73. The number of carbonyl (C=O) groups excluding carboxylic acids is 7. The summed E-state index contributed by atoms with van der Waals surface area (Å²) in [6.07, 6.45) is 6.38. The number of esters is 5. The molecule has 0 atom stereocenters. The van der Waals surface area contributed by atoms with Crippen molar-refractivity contribution in [1.82, 2.24) is 34.2 Å². The number of aromatic nitrogens is 4. The molecule has 2 aromatic heterocycles. The Bertz CT molecular complexity index is 2440. The van der Waals surface area contributed by atoms with E-state index in [0.29, 0.717) is 30.3 Å². The van der Waals surface area contributed by atoms with Gasteiger partial charge in [0.2, 0.25) is 22.7 Å². The minimum atomic E-state index is -2.87. The molecule has 0 spiro atoms. The van der Waals surface area contributed by atoms with Gasteiger partial charge < -0.3 is 43.0 Å². The number of hydrogen-bond acceptors (Lipinski definition) is 17. The van der Waals surface area contributed by atoms with Crippen LogP contribution >= 0.6 is 0 Å². The summed E-state index contributed by atoms with van der Waals surface area (Å²) in [5.74, 6) is -3.21. The molecule has 0 bridgehead atoms. The molecule has 22 nitrogen and oxygen atoms in total. The molecule has 2 amide bonds. The summed E-state index contributed by atoms with van der Waals surface area (Å²) < 4.78 is 56.1. The molecule has 3 aromatic rings. The average molecular weight is 1100 g/mol. The van der Waals surface area contributed by atoms with E-state index in [1.807, 2.05) is 4.90 Å². The number of hydrogen-bond donors (Lipinski definition) is 3. The van der Waals surface area contributed by atoms with Crippen LogP contribution in [0.15, 0.2) is 49.1 Å². The van der Waals surface area contributed by atoms with Gasteiger partial charge in [0.15, 0.2) is 0 Å². The van der Waals surface area contributed by atoms with Crippen molar-refractivity contribution in [1.29, 1.82) is 0 Å². The molecule has 0 saturated carbocycles. The molecule has 2 heterocycles. The lowest BCUT2D eigenvalue weighted by atomic mass is 9.83. The highest BCUT2D eigenvalue weighted by atomic mass is 32.2. The molecule has 430 valence electrons. The number of anilines is 1. The molecule has 0 radical (unpaired) electrons. The normalized spacial score (nSPS) is 12.5. The minimum Gasteiger partial charge on any atom is -0.460 e. The summed E-state index contributed by atoms with van der Waals surface area (Å²) in [4.78, 5) is 106. The molecular formula is C54H84N8O14S. The van der Waals surface area contributed by atoms with Gasteiger partial charge in [-0.3, -0.25) is 43.2 Å². The van der Waals surface area contributed by atoms with Gasteiger partial charge in [-0.05, 0) is 147 Å². The third-order valence-corrected chi connectivity index (χ3v) is 11.2. The number of imidazole rings is 2. The topological polar surface area (TPSA) is 266 Å². The molecule has 2 N–H and O–H groups in total. The summed E-state index contributed by atoms with van der Waals surface area (Å²) in [5.41, 5.74) is -4.12. The number of carbonyl (C=O) groups is 7. The van der Waals surface area contributed by atoms with Crippen molar-refractivity contribution in [3.8, 4) is 0 Å². The van der Waals surface area contributed by atoms with Crippen LogP contribution in [0.4, 0.5) is 5.69 Å². The summed E-state index contributed by atoms with van der Waals surface area (Å²) in [7, 11) is -2.87. The second-order valence-corrected chi connectivity index (χ2v) is 24.7. The smallest absolute Gasteiger partial charge is 0.326 e. The monoisotopic (exact) mass is 1100 g/mol. The Hall–Kier alpha value is -6.36. The van der Waals surface area contributed by atoms with Crippen molar-refractivity contribution in [3.05, 3.63) is 66.3 Å². The van der Waals surface area contributed by atoms with Crippen molar-refractivity contribution >= 4 is 58.2 Å². The zero-order valence-corrected chi connectivity index (χ0v) is 48.8. The standard InChI is InChI=1S/C54H84N8O14S/c1-49(2,3)72-44(65)20-24-54(25-21-45(66)73-50(4,5)6,26-22-46(67)74-51(7,8)9)57-42(63)34-60-30-27-55-40(60)32-59(29-23-38-16-18-39(19-17-38)58-77(70)71)33-41-56-28-31-61(41)35-43(64)62(36-47(68)75-52(10,11)12)37-48(69)76-53(13,14)15/h16-19,27-28,30-31,77H,20-26,29,32-37H2,1-15H3,(H,57,63)(H,58,70,71). The van der Waals surface area contributed by atoms with Crippen LogP contribution in [0.5, 0.6) is 0 Å². The molecule has 0 aliphatic carbocycles. The Balaban J connectivity index is 2.01. The molecular weight excluding hydrogens is 1020 g/mol. The highest BCUT2D eigenvalue weighted by Gasteiger charge is 2.36. The van der Waals surface area contributed by atoms with Gasteiger partial charge in [-0.2, -0.15) is 0 Å². The van der Waals surface area contributed by atoms with Gasteiger partial charge in [-0.15, -0.1) is 0 Å². The first-order chi connectivity index (χ1) is 35.4. The first-order valence-electron chi connectivity index (χ1n) is 25.8. The highest BCUT2D eigenvalue weighted by Crippen LogP contribution is 2.29. The fourth-order valence-electron chi connectivity index (χ4n) is 7.82. The quantitative estimate of drug-likeness (QED) is 0.0449. The number of nitrogens with zero attached hydrogens (tertiary/aromatic N) is 6. The minimum absolute atomic E-state index is 0.0189. The van der Waals surface area contributed by atoms with Crippen molar-refractivity contribution in [2.75, 3.05) is 24.4 Å². The largest absolute Gasteiger partial charge is 0.460 e. The van der Waals surface area contributed by atoms with E-state index in [9.17, 15) is 42.0 Å². The lowest BCUT2D eigenvalue weighted by Gasteiger charge is -2.36. The lowest BCUT2D eigenvalue weighted by Crippen LogP contribution is -2.51. The van der Waals surface area contributed by atoms with Crippen molar-refractivity contribution in [2.45, 2.75) is 209 Å². The summed E-state index contributed by atoms with van der Waals surface area (Å²) in [6.45, 7) is 24.8. The Labute approximate surface area is 455 Å². The van der Waals surface area contributed by atoms with E-state index < -0.39 is 99.2 Å². The molecule has 3 rings (SSSR count). The van der Waals surface area contributed by atoms with Crippen LogP contribution in [0.2, 0.25) is 0 Å². The maximum atomic E-state index is 14.4. The van der Waals surface area contributed by atoms with Crippen LogP contribution < -0.4 is 10.0 Å². The van der Waals surface area contributed by atoms with Crippen LogP contribution in [0.1, 0.15) is 160 Å². The zero-order valence-electron chi connectivity index (χ0n) is 47.9. The second kappa shape index (κ2) is 27.8. The Morgan fingerprint density at radius 3 is 1.30 bits per heavy atom. The third kappa shape index (κ3) is 27.0. The average Bonchev–Trinajstić information content (AvgIpc) is 3.88. The molecule has 0 fully saturated rings. The molecule has 23 heteroatoms.